The lowest BCUT2D eigenvalue weighted by Crippen LogP contribution is -2.35. The number of hydrogen-bond donors (Lipinski definition) is 0. The Bertz CT molecular complexity index is 1090. The lowest BCUT2D eigenvalue weighted by Gasteiger charge is -2.27. The van der Waals surface area contributed by atoms with Gasteiger partial charge in [0.2, 0.25) is 4.96 Å². The van der Waals surface area contributed by atoms with Crippen LogP contribution in [0, 0.1) is 5.82 Å². The zero-order valence-electron chi connectivity index (χ0n) is 15.5. The van der Waals surface area contributed by atoms with Crippen LogP contribution in [0.25, 0.3) is 4.96 Å². The third-order valence-corrected chi connectivity index (χ3v) is 6.28. The van der Waals surface area contributed by atoms with E-state index in [0.717, 1.165) is 17.8 Å². The molecule has 146 valence electrons. The number of fused-ring (bicyclic) bond motifs is 1. The molecule has 6 nitrogen and oxygen atoms in total. The molecule has 4 rings (SSSR count). The predicted octanol–water partition coefficient (Wildman–Crippen LogP) is 3.41. The number of carbonyl (C=O) groups excluding carboxylic acids is 1. The molecule has 1 fully saturated rings. The summed E-state index contributed by atoms with van der Waals surface area (Å²) in [6.45, 7) is 1.83. The average Bonchev–Trinajstić information content (AvgIpc) is 3.34. The van der Waals surface area contributed by atoms with Crippen LogP contribution in [0.1, 0.15) is 48.9 Å². The minimum absolute atomic E-state index is 0.125. The van der Waals surface area contributed by atoms with Gasteiger partial charge in [-0.25, -0.2) is 9.37 Å². The van der Waals surface area contributed by atoms with E-state index in [2.05, 4.69) is 10.1 Å². The highest BCUT2D eigenvalue weighted by molar-refractivity contribution is 7.16. The molecule has 1 aromatic carbocycles. The fraction of sp³-hybridized carbons (Fsp3) is 0.400. The molecule has 3 aromatic rings. The van der Waals surface area contributed by atoms with Crippen molar-refractivity contribution in [2.75, 3.05) is 0 Å². The van der Waals surface area contributed by atoms with E-state index in [9.17, 15) is 14.0 Å². The van der Waals surface area contributed by atoms with Gasteiger partial charge in [0.25, 0.3) is 5.56 Å². The van der Waals surface area contributed by atoms with Crippen LogP contribution in [0.15, 0.2) is 35.1 Å². The summed E-state index contributed by atoms with van der Waals surface area (Å²) in [5.41, 5.74) is -0.524. The number of aryl methyl sites for hydroxylation is 1. The van der Waals surface area contributed by atoms with Crippen molar-refractivity contribution in [1.82, 2.24) is 14.6 Å². The van der Waals surface area contributed by atoms with Gasteiger partial charge in [-0.2, -0.15) is 9.61 Å². The summed E-state index contributed by atoms with van der Waals surface area (Å²) in [4.78, 5) is 30.1. The number of ether oxygens (including phenoxy) is 1. The van der Waals surface area contributed by atoms with Gasteiger partial charge in [0, 0.05) is 11.6 Å². The maximum Gasteiger partial charge on any atom is 0.317 e. The zero-order chi connectivity index (χ0) is 19.7. The molecule has 0 radical (unpaired) electrons. The lowest BCUT2D eigenvalue weighted by atomic mass is 9.78. The molecule has 0 unspecified atom stereocenters. The Balaban J connectivity index is 1.59. The van der Waals surface area contributed by atoms with Crippen molar-refractivity contribution in [2.24, 2.45) is 0 Å². The van der Waals surface area contributed by atoms with Crippen molar-refractivity contribution in [2.45, 2.75) is 51.0 Å². The van der Waals surface area contributed by atoms with Gasteiger partial charge >= 0.3 is 5.97 Å². The first-order valence-electron chi connectivity index (χ1n) is 9.34. The Morgan fingerprint density at radius 3 is 2.79 bits per heavy atom. The van der Waals surface area contributed by atoms with Crippen LogP contribution in [0.4, 0.5) is 4.39 Å². The number of nitrogens with zero attached hydrogens (tertiary/aromatic N) is 3. The van der Waals surface area contributed by atoms with Gasteiger partial charge in [-0.3, -0.25) is 9.59 Å². The first-order valence-corrected chi connectivity index (χ1v) is 10.2. The average molecular weight is 401 g/mol. The number of carbonyl (C=O) groups is 1. The van der Waals surface area contributed by atoms with Crippen molar-refractivity contribution in [1.29, 1.82) is 0 Å². The smallest absolute Gasteiger partial charge is 0.317 e. The summed E-state index contributed by atoms with van der Waals surface area (Å²) in [5.74, 6) is -0.855. The summed E-state index contributed by atoms with van der Waals surface area (Å²) in [6.07, 6.45) is 3.50. The van der Waals surface area contributed by atoms with Gasteiger partial charge in [0.1, 0.15) is 17.4 Å². The van der Waals surface area contributed by atoms with Crippen LogP contribution in [0.2, 0.25) is 0 Å². The topological polar surface area (TPSA) is 73.6 Å². The highest BCUT2D eigenvalue weighted by Crippen LogP contribution is 2.43. The van der Waals surface area contributed by atoms with Crippen LogP contribution in [-0.2, 0) is 28.0 Å². The van der Waals surface area contributed by atoms with Gasteiger partial charge in [0.15, 0.2) is 0 Å². The Morgan fingerprint density at radius 2 is 2.07 bits per heavy atom. The van der Waals surface area contributed by atoms with E-state index >= 15 is 0 Å². The molecule has 0 aliphatic heterocycles. The predicted molar refractivity (Wildman–Crippen MR) is 103 cm³/mol. The van der Waals surface area contributed by atoms with E-state index in [1.54, 1.807) is 18.2 Å². The Hall–Kier alpha value is -2.61. The van der Waals surface area contributed by atoms with Crippen LogP contribution >= 0.6 is 11.3 Å². The van der Waals surface area contributed by atoms with E-state index in [-0.39, 0.29) is 12.2 Å². The molecule has 0 spiro atoms. The van der Waals surface area contributed by atoms with E-state index in [4.69, 9.17) is 4.74 Å². The zero-order valence-corrected chi connectivity index (χ0v) is 16.3. The largest absolute Gasteiger partial charge is 0.458 e. The van der Waals surface area contributed by atoms with Gasteiger partial charge in [0.05, 0.1) is 11.1 Å². The fourth-order valence-corrected chi connectivity index (χ4v) is 4.66. The second-order valence-corrected chi connectivity index (χ2v) is 8.02. The van der Waals surface area contributed by atoms with Crippen molar-refractivity contribution in [3.05, 3.63) is 62.8 Å². The fourth-order valence-electron chi connectivity index (χ4n) is 3.80. The summed E-state index contributed by atoms with van der Waals surface area (Å²) >= 11 is 1.33. The summed E-state index contributed by atoms with van der Waals surface area (Å²) < 4.78 is 21.2. The van der Waals surface area contributed by atoms with Crippen molar-refractivity contribution in [3.8, 4) is 0 Å². The normalized spacial score (nSPS) is 15.8. The maximum atomic E-state index is 14.4. The molecule has 0 N–H and O–H groups in total. The second kappa shape index (κ2) is 7.43. The number of esters is 1. The van der Waals surface area contributed by atoms with Gasteiger partial charge in [-0.15, -0.1) is 0 Å². The number of halogens is 1. The molecule has 0 amide bonds. The highest BCUT2D eigenvalue weighted by atomic mass is 32.1. The SMILES string of the molecule is CCc1nn2c(=O)cc(COC(=O)C3(c4ccccc4F)CCCC3)nc2s1. The molecule has 2 aromatic heterocycles. The monoisotopic (exact) mass is 401 g/mol. The number of benzene rings is 1. The molecular formula is C20H20FN3O3S. The highest BCUT2D eigenvalue weighted by Gasteiger charge is 2.45. The standard InChI is InChI=1S/C20H20FN3O3S/c1-2-16-23-24-17(25)11-13(22-19(24)28-16)12-27-18(26)20(9-5-6-10-20)14-7-3-4-8-15(14)21/h3-4,7-8,11H,2,5-6,9-10,12H2,1H3. The van der Waals surface area contributed by atoms with Crippen LogP contribution in [0.5, 0.6) is 0 Å². The van der Waals surface area contributed by atoms with Gasteiger partial charge < -0.3 is 4.74 Å². The maximum absolute atomic E-state index is 14.4. The third kappa shape index (κ3) is 3.22. The van der Waals surface area contributed by atoms with Gasteiger partial charge in [-0.1, -0.05) is 49.3 Å². The summed E-state index contributed by atoms with van der Waals surface area (Å²) in [5, 5.41) is 5.01. The van der Waals surface area contributed by atoms with Crippen LogP contribution < -0.4 is 5.56 Å². The summed E-state index contributed by atoms with van der Waals surface area (Å²) in [6, 6.07) is 7.69. The number of rotatable bonds is 5. The van der Waals surface area contributed by atoms with Crippen LogP contribution in [0.3, 0.4) is 0 Å². The first-order chi connectivity index (χ1) is 13.5. The minimum atomic E-state index is -0.968. The van der Waals surface area contributed by atoms with E-state index < -0.39 is 17.2 Å². The molecule has 1 aliphatic rings. The third-order valence-electron chi connectivity index (χ3n) is 5.23. The number of hydrogen-bond acceptors (Lipinski definition) is 6. The Kier molecular flexibility index (Phi) is 4.97. The van der Waals surface area contributed by atoms with Crippen molar-refractivity contribution < 1.29 is 13.9 Å². The minimum Gasteiger partial charge on any atom is -0.458 e. The molecule has 0 atom stereocenters. The molecule has 1 saturated carbocycles. The molecule has 0 bridgehead atoms. The molecule has 8 heteroatoms. The number of aromatic nitrogens is 3. The van der Waals surface area contributed by atoms with Crippen LogP contribution in [-0.4, -0.2) is 20.6 Å². The van der Waals surface area contributed by atoms with E-state index in [1.165, 1.54) is 28.0 Å². The van der Waals surface area contributed by atoms with E-state index in [1.807, 2.05) is 6.92 Å². The van der Waals surface area contributed by atoms with E-state index in [0.29, 0.717) is 35.5 Å². The van der Waals surface area contributed by atoms with Gasteiger partial charge in [-0.05, 0) is 25.3 Å². The Labute approximate surface area is 165 Å². The lowest BCUT2D eigenvalue weighted by molar-refractivity contribution is -0.152. The van der Waals surface area contributed by atoms with Crippen molar-refractivity contribution >= 4 is 22.3 Å². The second-order valence-electron chi connectivity index (χ2n) is 6.97. The quantitative estimate of drug-likeness (QED) is 0.613. The molecule has 1 aliphatic carbocycles. The summed E-state index contributed by atoms with van der Waals surface area (Å²) in [7, 11) is 0. The molecular weight excluding hydrogens is 381 g/mol. The first kappa shape index (κ1) is 18.7. The molecule has 28 heavy (non-hydrogen) atoms. The van der Waals surface area contributed by atoms with Crippen molar-refractivity contribution in [3.63, 3.8) is 0 Å². The molecule has 2 heterocycles. The Morgan fingerprint density at radius 1 is 1.32 bits per heavy atom. The molecule has 0 saturated heterocycles.